The molecule has 0 bridgehead atoms. The van der Waals surface area contributed by atoms with Crippen molar-refractivity contribution in [2.75, 3.05) is 6.54 Å². The second-order valence-corrected chi connectivity index (χ2v) is 6.19. The van der Waals surface area contributed by atoms with Crippen LogP contribution in [-0.2, 0) is 11.3 Å². The third kappa shape index (κ3) is 2.91. The van der Waals surface area contributed by atoms with Crippen molar-refractivity contribution in [3.05, 3.63) is 70.9 Å². The number of hydrogen-bond donors (Lipinski definition) is 0. The molecular weight excluding hydrogens is 316 g/mol. The van der Waals surface area contributed by atoms with E-state index in [4.69, 9.17) is 0 Å². The zero-order valence-electron chi connectivity index (χ0n) is 13.7. The topological polar surface area (TPSA) is 68.1 Å². The lowest BCUT2D eigenvalue weighted by Gasteiger charge is -2.24. The van der Waals surface area contributed by atoms with Crippen LogP contribution in [0.5, 0.6) is 0 Å². The second kappa shape index (κ2) is 6.47. The number of carbonyl (C=O) groups is 1. The third-order valence-electron chi connectivity index (χ3n) is 4.65. The summed E-state index contributed by atoms with van der Waals surface area (Å²) in [6, 6.07) is 13.0. The first-order valence-electron chi connectivity index (χ1n) is 8.39. The van der Waals surface area contributed by atoms with Gasteiger partial charge in [0.15, 0.2) is 0 Å². The highest BCUT2D eigenvalue weighted by Gasteiger charge is 2.31. The summed E-state index contributed by atoms with van der Waals surface area (Å²) in [6.07, 6.45) is 5.20. The average molecular weight is 334 g/mol. The van der Waals surface area contributed by atoms with E-state index in [0.29, 0.717) is 11.9 Å². The van der Waals surface area contributed by atoms with Crippen LogP contribution in [0, 0.1) is 0 Å². The van der Waals surface area contributed by atoms with Crippen LogP contribution in [0.1, 0.15) is 24.6 Å². The van der Waals surface area contributed by atoms with Crippen molar-refractivity contribution in [1.29, 1.82) is 0 Å². The Morgan fingerprint density at radius 3 is 2.84 bits per heavy atom. The summed E-state index contributed by atoms with van der Waals surface area (Å²) in [7, 11) is 0. The van der Waals surface area contributed by atoms with Crippen molar-refractivity contribution in [2.24, 2.45) is 0 Å². The molecule has 1 saturated heterocycles. The van der Waals surface area contributed by atoms with Gasteiger partial charge in [-0.2, -0.15) is 5.10 Å². The van der Waals surface area contributed by atoms with Crippen LogP contribution in [0.25, 0.3) is 10.8 Å². The van der Waals surface area contributed by atoms with E-state index in [2.05, 4.69) is 10.1 Å². The summed E-state index contributed by atoms with van der Waals surface area (Å²) in [5.74, 6) is -0.0990. The van der Waals surface area contributed by atoms with E-state index in [9.17, 15) is 9.59 Å². The number of aromatic nitrogens is 3. The minimum atomic E-state index is -0.236. The van der Waals surface area contributed by atoms with E-state index in [-0.39, 0.29) is 24.1 Å². The molecule has 0 aliphatic carbocycles. The molecule has 0 saturated carbocycles. The van der Waals surface area contributed by atoms with Gasteiger partial charge in [-0.3, -0.25) is 14.6 Å². The van der Waals surface area contributed by atoms with E-state index in [0.717, 1.165) is 23.9 Å². The highest BCUT2D eigenvalue weighted by Crippen LogP contribution is 2.30. The van der Waals surface area contributed by atoms with E-state index in [1.54, 1.807) is 18.5 Å². The Morgan fingerprint density at radius 2 is 2.00 bits per heavy atom. The zero-order chi connectivity index (χ0) is 17.2. The smallest absolute Gasteiger partial charge is 0.275 e. The molecule has 6 heteroatoms. The van der Waals surface area contributed by atoms with Gasteiger partial charge in [0.1, 0.15) is 6.54 Å². The Kier molecular flexibility index (Phi) is 4.01. The lowest BCUT2D eigenvalue weighted by Crippen LogP contribution is -2.37. The van der Waals surface area contributed by atoms with Crippen molar-refractivity contribution >= 4 is 16.7 Å². The number of fused-ring (bicyclic) bond motifs is 1. The molecule has 0 radical (unpaired) electrons. The number of likely N-dealkylation sites (tertiary alicyclic amines) is 1. The maximum Gasteiger partial charge on any atom is 0.275 e. The zero-order valence-corrected chi connectivity index (χ0v) is 13.7. The van der Waals surface area contributed by atoms with Crippen LogP contribution in [0.2, 0.25) is 0 Å². The first-order chi connectivity index (χ1) is 12.2. The fourth-order valence-corrected chi connectivity index (χ4v) is 3.41. The molecule has 0 unspecified atom stereocenters. The van der Waals surface area contributed by atoms with Crippen LogP contribution >= 0.6 is 0 Å². The molecule has 3 heterocycles. The van der Waals surface area contributed by atoms with Crippen LogP contribution < -0.4 is 5.56 Å². The van der Waals surface area contributed by atoms with Crippen molar-refractivity contribution < 1.29 is 4.79 Å². The Balaban J connectivity index is 1.60. The number of pyridine rings is 1. The van der Waals surface area contributed by atoms with Gasteiger partial charge in [0, 0.05) is 18.1 Å². The Labute approximate surface area is 144 Å². The minimum absolute atomic E-state index is 0.0233. The molecule has 1 aliphatic rings. The number of rotatable bonds is 3. The highest BCUT2D eigenvalue weighted by molar-refractivity contribution is 5.81. The predicted molar refractivity (Wildman–Crippen MR) is 93.9 cm³/mol. The predicted octanol–water partition coefficient (Wildman–Crippen LogP) is 2.16. The molecule has 1 aliphatic heterocycles. The highest BCUT2D eigenvalue weighted by atomic mass is 16.2. The normalized spacial score (nSPS) is 17.1. The van der Waals surface area contributed by atoms with Gasteiger partial charge in [0.25, 0.3) is 5.56 Å². The van der Waals surface area contributed by atoms with Gasteiger partial charge in [0.2, 0.25) is 5.91 Å². The van der Waals surface area contributed by atoms with Crippen LogP contribution in [0.4, 0.5) is 0 Å². The molecule has 2 aromatic heterocycles. The molecule has 25 heavy (non-hydrogen) atoms. The summed E-state index contributed by atoms with van der Waals surface area (Å²) >= 11 is 0. The van der Waals surface area contributed by atoms with Crippen LogP contribution in [0.3, 0.4) is 0 Å². The molecule has 0 N–H and O–H groups in total. The minimum Gasteiger partial charge on any atom is -0.332 e. The standard InChI is InChI=1S/C19H18N4O2/c24-18(22-11-5-9-17(22)16-8-3-4-10-20-16)13-23-19(25)15-7-2-1-6-14(15)12-21-23/h1-4,6-8,10,12,17H,5,9,11,13H2/t17-/m1/s1. The van der Waals surface area contributed by atoms with E-state index >= 15 is 0 Å². The number of nitrogens with zero attached hydrogens (tertiary/aromatic N) is 4. The monoisotopic (exact) mass is 334 g/mol. The number of benzene rings is 1. The van der Waals surface area contributed by atoms with Crippen molar-refractivity contribution in [3.8, 4) is 0 Å². The summed E-state index contributed by atoms with van der Waals surface area (Å²) in [6.45, 7) is 0.634. The molecule has 1 atom stereocenters. The number of amides is 1. The van der Waals surface area contributed by atoms with Crippen LogP contribution in [0.15, 0.2) is 59.7 Å². The third-order valence-corrected chi connectivity index (χ3v) is 4.65. The summed E-state index contributed by atoms with van der Waals surface area (Å²) in [5, 5.41) is 5.51. The maximum atomic E-state index is 12.8. The molecule has 4 rings (SSSR count). The van der Waals surface area contributed by atoms with Gasteiger partial charge in [-0.25, -0.2) is 4.68 Å². The molecular formula is C19H18N4O2. The van der Waals surface area contributed by atoms with Crippen molar-refractivity contribution in [2.45, 2.75) is 25.4 Å². The lowest BCUT2D eigenvalue weighted by molar-refractivity contribution is -0.133. The molecule has 3 aromatic rings. The fraction of sp³-hybridized carbons (Fsp3) is 0.263. The van der Waals surface area contributed by atoms with Gasteiger partial charge in [-0.1, -0.05) is 24.3 Å². The molecule has 126 valence electrons. The number of hydrogen-bond acceptors (Lipinski definition) is 4. The first kappa shape index (κ1) is 15.5. The van der Waals surface area contributed by atoms with Gasteiger partial charge < -0.3 is 4.90 Å². The first-order valence-corrected chi connectivity index (χ1v) is 8.39. The lowest BCUT2D eigenvalue weighted by atomic mass is 10.1. The Hall–Kier alpha value is -3.02. The molecule has 6 nitrogen and oxygen atoms in total. The Morgan fingerprint density at radius 1 is 1.16 bits per heavy atom. The van der Waals surface area contributed by atoms with Gasteiger partial charge in [0.05, 0.1) is 23.3 Å². The largest absolute Gasteiger partial charge is 0.332 e. The second-order valence-electron chi connectivity index (χ2n) is 6.19. The quantitative estimate of drug-likeness (QED) is 0.736. The van der Waals surface area contributed by atoms with Gasteiger partial charge in [-0.15, -0.1) is 0 Å². The fourth-order valence-electron chi connectivity index (χ4n) is 3.41. The van der Waals surface area contributed by atoms with Crippen LogP contribution in [-0.4, -0.2) is 32.1 Å². The molecule has 1 aromatic carbocycles. The van der Waals surface area contributed by atoms with Gasteiger partial charge in [-0.05, 0) is 31.0 Å². The number of carbonyl (C=O) groups excluding carboxylic acids is 1. The molecule has 0 spiro atoms. The SMILES string of the molecule is O=C(Cn1ncc2ccccc2c1=O)N1CCC[C@@H]1c1ccccn1. The van der Waals surface area contributed by atoms with E-state index < -0.39 is 0 Å². The van der Waals surface area contributed by atoms with Gasteiger partial charge >= 0.3 is 0 Å². The van der Waals surface area contributed by atoms with Crippen molar-refractivity contribution in [1.82, 2.24) is 19.7 Å². The summed E-state index contributed by atoms with van der Waals surface area (Å²) < 4.78 is 1.25. The van der Waals surface area contributed by atoms with E-state index in [1.807, 2.05) is 41.3 Å². The summed E-state index contributed by atoms with van der Waals surface area (Å²) in [4.78, 5) is 31.5. The van der Waals surface area contributed by atoms with E-state index in [1.165, 1.54) is 4.68 Å². The summed E-state index contributed by atoms with van der Waals surface area (Å²) in [5.41, 5.74) is 0.659. The average Bonchev–Trinajstić information content (AvgIpc) is 3.15. The maximum absolute atomic E-state index is 12.8. The molecule has 1 fully saturated rings. The van der Waals surface area contributed by atoms with Crippen molar-refractivity contribution in [3.63, 3.8) is 0 Å². The molecule has 1 amide bonds. The Bertz CT molecular complexity index is 968.